The molecule has 0 spiro atoms. The van der Waals surface area contributed by atoms with Crippen molar-refractivity contribution in [3.8, 4) is 0 Å². The quantitative estimate of drug-likeness (QED) is 0.659. The molecule has 94 valence electrons. The number of ether oxygens (including phenoxy) is 1. The SMILES string of the molecule is COC(=O)CC(=O)Nc1ccc2nc(C)oc2c1. The van der Waals surface area contributed by atoms with Crippen molar-refractivity contribution in [2.24, 2.45) is 0 Å². The standard InChI is InChI=1S/C12H12N2O4/c1-7-13-9-4-3-8(5-10(9)18-7)14-11(15)6-12(16)17-2/h3-5H,6H2,1-2H3,(H,14,15). The van der Waals surface area contributed by atoms with E-state index in [4.69, 9.17) is 4.42 Å². The van der Waals surface area contributed by atoms with Crippen LogP contribution in [0.25, 0.3) is 11.1 Å². The number of methoxy groups -OCH3 is 1. The molecule has 2 rings (SSSR count). The number of carbonyl (C=O) groups excluding carboxylic acids is 2. The van der Waals surface area contributed by atoms with Crippen LogP contribution in [-0.4, -0.2) is 24.0 Å². The number of nitrogens with one attached hydrogen (secondary N) is 1. The topological polar surface area (TPSA) is 81.4 Å². The molecule has 6 heteroatoms. The number of aromatic nitrogens is 1. The third-order valence-corrected chi connectivity index (χ3v) is 2.31. The number of hydrogen-bond donors (Lipinski definition) is 1. The summed E-state index contributed by atoms with van der Waals surface area (Å²) in [6, 6.07) is 5.09. The van der Waals surface area contributed by atoms with Crippen LogP contribution in [0.2, 0.25) is 0 Å². The number of fused-ring (bicyclic) bond motifs is 1. The summed E-state index contributed by atoms with van der Waals surface area (Å²) in [5, 5.41) is 2.58. The van der Waals surface area contributed by atoms with Gasteiger partial charge in [0, 0.05) is 18.7 Å². The fourth-order valence-corrected chi connectivity index (χ4v) is 1.53. The van der Waals surface area contributed by atoms with E-state index in [0.717, 1.165) is 5.52 Å². The van der Waals surface area contributed by atoms with E-state index in [1.165, 1.54) is 7.11 Å². The Morgan fingerprint density at radius 1 is 1.44 bits per heavy atom. The zero-order valence-corrected chi connectivity index (χ0v) is 10.0. The van der Waals surface area contributed by atoms with Gasteiger partial charge in [-0.2, -0.15) is 0 Å². The van der Waals surface area contributed by atoms with Crippen LogP contribution < -0.4 is 5.32 Å². The molecule has 6 nitrogen and oxygen atoms in total. The first-order chi connectivity index (χ1) is 8.58. The number of esters is 1. The van der Waals surface area contributed by atoms with Crippen LogP contribution in [-0.2, 0) is 14.3 Å². The largest absolute Gasteiger partial charge is 0.469 e. The van der Waals surface area contributed by atoms with Crippen LogP contribution in [0.15, 0.2) is 22.6 Å². The second-order valence-corrected chi connectivity index (χ2v) is 3.72. The molecule has 0 aliphatic carbocycles. The number of anilines is 1. The summed E-state index contributed by atoms with van der Waals surface area (Å²) >= 11 is 0. The molecule has 2 aromatic rings. The Morgan fingerprint density at radius 3 is 2.94 bits per heavy atom. The Hall–Kier alpha value is -2.37. The lowest BCUT2D eigenvalue weighted by Gasteiger charge is -2.03. The number of aryl methyl sites for hydroxylation is 1. The average molecular weight is 248 g/mol. The van der Waals surface area contributed by atoms with Crippen molar-refractivity contribution in [1.82, 2.24) is 4.98 Å². The van der Waals surface area contributed by atoms with E-state index in [1.54, 1.807) is 25.1 Å². The van der Waals surface area contributed by atoms with Crippen LogP contribution in [0.5, 0.6) is 0 Å². The average Bonchev–Trinajstić information content (AvgIpc) is 2.68. The van der Waals surface area contributed by atoms with Crippen molar-refractivity contribution in [3.05, 3.63) is 24.1 Å². The summed E-state index contributed by atoms with van der Waals surface area (Å²) in [7, 11) is 1.24. The lowest BCUT2D eigenvalue weighted by molar-refractivity contribution is -0.142. The molecular weight excluding hydrogens is 236 g/mol. The number of hydrogen-bond acceptors (Lipinski definition) is 5. The van der Waals surface area contributed by atoms with Gasteiger partial charge in [-0.3, -0.25) is 9.59 Å². The molecule has 1 aromatic carbocycles. The number of benzene rings is 1. The first-order valence-electron chi connectivity index (χ1n) is 5.32. The van der Waals surface area contributed by atoms with Crippen molar-refractivity contribution in [1.29, 1.82) is 0 Å². The van der Waals surface area contributed by atoms with Gasteiger partial charge < -0.3 is 14.5 Å². The molecule has 1 heterocycles. The maximum atomic E-state index is 11.5. The molecule has 1 N–H and O–H groups in total. The van der Waals surface area contributed by atoms with Crippen molar-refractivity contribution in [2.75, 3.05) is 12.4 Å². The molecule has 1 aromatic heterocycles. The van der Waals surface area contributed by atoms with E-state index in [1.807, 2.05) is 0 Å². The molecule has 0 unspecified atom stereocenters. The van der Waals surface area contributed by atoms with Gasteiger partial charge in [0.05, 0.1) is 7.11 Å². The maximum absolute atomic E-state index is 11.5. The molecule has 1 amide bonds. The summed E-state index contributed by atoms with van der Waals surface area (Å²) in [6.45, 7) is 1.75. The van der Waals surface area contributed by atoms with E-state index in [9.17, 15) is 9.59 Å². The highest BCUT2D eigenvalue weighted by Crippen LogP contribution is 2.19. The van der Waals surface area contributed by atoms with Crippen molar-refractivity contribution in [2.45, 2.75) is 13.3 Å². The summed E-state index contributed by atoms with van der Waals surface area (Å²) in [4.78, 5) is 26.5. The summed E-state index contributed by atoms with van der Waals surface area (Å²) < 4.78 is 9.74. The van der Waals surface area contributed by atoms with E-state index >= 15 is 0 Å². The second kappa shape index (κ2) is 4.87. The minimum atomic E-state index is -0.580. The summed E-state index contributed by atoms with van der Waals surface area (Å²) in [6.07, 6.45) is -0.316. The van der Waals surface area contributed by atoms with E-state index in [-0.39, 0.29) is 6.42 Å². The predicted octanol–water partition coefficient (Wildman–Crippen LogP) is 1.64. The van der Waals surface area contributed by atoms with Gasteiger partial charge in [-0.1, -0.05) is 0 Å². The minimum absolute atomic E-state index is 0.316. The third kappa shape index (κ3) is 2.65. The first kappa shape index (κ1) is 12.1. The molecule has 0 radical (unpaired) electrons. The van der Waals surface area contributed by atoms with Gasteiger partial charge in [0.1, 0.15) is 11.9 Å². The van der Waals surface area contributed by atoms with Crippen molar-refractivity contribution < 1.29 is 18.7 Å². The lowest BCUT2D eigenvalue weighted by atomic mass is 10.2. The highest BCUT2D eigenvalue weighted by molar-refractivity contribution is 6.02. The molecule has 0 atom stereocenters. The molecule has 0 fully saturated rings. The Morgan fingerprint density at radius 2 is 2.22 bits per heavy atom. The molecule has 0 bridgehead atoms. The van der Waals surface area contributed by atoms with Crippen LogP contribution >= 0.6 is 0 Å². The van der Waals surface area contributed by atoms with Gasteiger partial charge in [0.15, 0.2) is 11.5 Å². The van der Waals surface area contributed by atoms with E-state index in [2.05, 4.69) is 15.0 Å². The Labute approximate surface area is 103 Å². The molecule has 0 saturated heterocycles. The number of amides is 1. The van der Waals surface area contributed by atoms with Crippen LogP contribution in [0.3, 0.4) is 0 Å². The highest BCUT2D eigenvalue weighted by Gasteiger charge is 2.10. The summed E-state index contributed by atoms with van der Waals surface area (Å²) in [5.74, 6) is -0.454. The fraction of sp³-hybridized carbons (Fsp3) is 0.250. The molecule has 0 saturated carbocycles. The van der Waals surface area contributed by atoms with Crippen LogP contribution in [0.1, 0.15) is 12.3 Å². The highest BCUT2D eigenvalue weighted by atomic mass is 16.5. The second-order valence-electron chi connectivity index (χ2n) is 3.72. The van der Waals surface area contributed by atoms with E-state index in [0.29, 0.717) is 17.2 Å². The van der Waals surface area contributed by atoms with Gasteiger partial charge in [-0.05, 0) is 12.1 Å². The Kier molecular flexibility index (Phi) is 3.27. The zero-order valence-electron chi connectivity index (χ0n) is 10.0. The first-order valence-corrected chi connectivity index (χ1v) is 5.32. The smallest absolute Gasteiger partial charge is 0.315 e. The number of nitrogens with zero attached hydrogens (tertiary/aromatic N) is 1. The third-order valence-electron chi connectivity index (χ3n) is 2.31. The van der Waals surface area contributed by atoms with E-state index < -0.39 is 11.9 Å². The van der Waals surface area contributed by atoms with Gasteiger partial charge in [0.2, 0.25) is 5.91 Å². The van der Waals surface area contributed by atoms with Gasteiger partial charge >= 0.3 is 5.97 Å². The molecule has 18 heavy (non-hydrogen) atoms. The van der Waals surface area contributed by atoms with Gasteiger partial charge in [0.25, 0.3) is 0 Å². The van der Waals surface area contributed by atoms with Gasteiger partial charge in [-0.25, -0.2) is 4.98 Å². The monoisotopic (exact) mass is 248 g/mol. The lowest BCUT2D eigenvalue weighted by Crippen LogP contribution is -2.17. The maximum Gasteiger partial charge on any atom is 0.315 e. The molecule has 0 aliphatic rings. The summed E-state index contributed by atoms with van der Waals surface area (Å²) in [5.41, 5.74) is 1.86. The Bertz CT molecular complexity index is 603. The number of oxazole rings is 1. The van der Waals surface area contributed by atoms with Crippen LogP contribution in [0, 0.1) is 6.92 Å². The number of rotatable bonds is 3. The number of carbonyl (C=O) groups is 2. The van der Waals surface area contributed by atoms with Crippen molar-refractivity contribution >= 4 is 28.7 Å². The minimum Gasteiger partial charge on any atom is -0.469 e. The van der Waals surface area contributed by atoms with Gasteiger partial charge in [-0.15, -0.1) is 0 Å². The predicted molar refractivity (Wildman–Crippen MR) is 64.0 cm³/mol. The molecular formula is C12H12N2O4. The van der Waals surface area contributed by atoms with Crippen LogP contribution in [0.4, 0.5) is 5.69 Å². The Balaban J connectivity index is 2.11. The normalized spacial score (nSPS) is 10.3. The van der Waals surface area contributed by atoms with Crippen molar-refractivity contribution in [3.63, 3.8) is 0 Å². The molecule has 0 aliphatic heterocycles. The fourth-order valence-electron chi connectivity index (χ4n) is 1.53. The zero-order chi connectivity index (χ0) is 13.1.